The van der Waals surface area contributed by atoms with Gasteiger partial charge in [0.25, 0.3) is 5.95 Å². The number of hydrogen-bond donors (Lipinski definition) is 1. The van der Waals surface area contributed by atoms with Crippen molar-refractivity contribution in [1.82, 2.24) is 15.5 Å². The van der Waals surface area contributed by atoms with Gasteiger partial charge in [0.15, 0.2) is 0 Å². The highest BCUT2D eigenvalue weighted by Gasteiger charge is 2.27. The van der Waals surface area contributed by atoms with Crippen LogP contribution in [0.4, 0.5) is 5.95 Å². The Hall–Kier alpha value is -1.10. The smallest absolute Gasteiger partial charge is 0.266 e. The van der Waals surface area contributed by atoms with Crippen molar-refractivity contribution in [3.05, 3.63) is 5.89 Å². The molecule has 0 unspecified atom stereocenters. The van der Waals surface area contributed by atoms with Gasteiger partial charge < -0.3 is 14.7 Å². The number of hydrogen-bond acceptors (Lipinski definition) is 5. The number of aromatic nitrogens is 2. The Morgan fingerprint density at radius 2 is 1.95 bits per heavy atom. The van der Waals surface area contributed by atoms with Crippen LogP contribution in [-0.4, -0.2) is 35.8 Å². The van der Waals surface area contributed by atoms with Crippen molar-refractivity contribution >= 4 is 5.95 Å². The Kier molecular flexibility index (Phi) is 4.55. The van der Waals surface area contributed by atoms with Gasteiger partial charge in [0.1, 0.15) is 0 Å². The van der Waals surface area contributed by atoms with Crippen LogP contribution in [0.15, 0.2) is 4.52 Å². The van der Waals surface area contributed by atoms with Gasteiger partial charge in [0, 0.05) is 25.0 Å². The number of nitrogens with zero attached hydrogens (tertiary/aromatic N) is 3. The van der Waals surface area contributed by atoms with E-state index in [0.717, 1.165) is 31.5 Å². The first-order chi connectivity index (χ1) is 9.86. The molecule has 5 nitrogen and oxygen atoms in total. The zero-order valence-electron chi connectivity index (χ0n) is 12.5. The van der Waals surface area contributed by atoms with Crippen LogP contribution in [0.3, 0.4) is 0 Å². The van der Waals surface area contributed by atoms with E-state index in [4.69, 9.17) is 4.52 Å². The minimum atomic E-state index is 0.471. The van der Waals surface area contributed by atoms with Gasteiger partial charge in [-0.25, -0.2) is 0 Å². The molecule has 1 aliphatic carbocycles. The van der Waals surface area contributed by atoms with Crippen molar-refractivity contribution in [3.8, 4) is 0 Å². The van der Waals surface area contributed by atoms with E-state index >= 15 is 0 Å². The molecule has 2 fully saturated rings. The van der Waals surface area contributed by atoms with Crippen molar-refractivity contribution in [2.75, 3.05) is 24.5 Å². The summed E-state index contributed by atoms with van der Waals surface area (Å²) >= 11 is 0. The fraction of sp³-hybridized carbons (Fsp3) is 0.867. The summed E-state index contributed by atoms with van der Waals surface area (Å²) in [5.74, 6) is 2.14. The number of rotatable bonds is 5. The normalized spacial score (nSPS) is 27.1. The Bertz CT molecular complexity index is 406. The molecule has 3 rings (SSSR count). The maximum Gasteiger partial charge on any atom is 0.266 e. The molecule has 1 N–H and O–H groups in total. The van der Waals surface area contributed by atoms with Crippen molar-refractivity contribution in [3.63, 3.8) is 0 Å². The Morgan fingerprint density at radius 1 is 1.20 bits per heavy atom. The average Bonchev–Trinajstić information content (AvgIpc) is 3.16. The molecule has 5 heteroatoms. The minimum Gasteiger partial charge on any atom is -0.338 e. The first-order valence-corrected chi connectivity index (χ1v) is 8.18. The second kappa shape index (κ2) is 6.57. The Labute approximate surface area is 121 Å². The van der Waals surface area contributed by atoms with E-state index < -0.39 is 0 Å². The summed E-state index contributed by atoms with van der Waals surface area (Å²) in [5, 5.41) is 7.78. The summed E-state index contributed by atoms with van der Waals surface area (Å²) in [5.41, 5.74) is 0. The molecule has 112 valence electrons. The summed E-state index contributed by atoms with van der Waals surface area (Å²) in [6.07, 6.45) is 8.50. The zero-order valence-corrected chi connectivity index (χ0v) is 12.5. The predicted octanol–water partition coefficient (Wildman–Crippen LogP) is 2.70. The molecule has 1 aromatic rings. The molecular formula is C15H26N4O. The van der Waals surface area contributed by atoms with Crippen molar-refractivity contribution < 1.29 is 4.52 Å². The van der Waals surface area contributed by atoms with E-state index in [1.165, 1.54) is 44.9 Å². The van der Waals surface area contributed by atoms with E-state index in [-0.39, 0.29) is 0 Å². The van der Waals surface area contributed by atoms with Gasteiger partial charge in [0.2, 0.25) is 5.89 Å². The van der Waals surface area contributed by atoms with Crippen molar-refractivity contribution in [1.29, 1.82) is 0 Å². The van der Waals surface area contributed by atoms with Gasteiger partial charge in [-0.2, -0.15) is 4.98 Å². The maximum atomic E-state index is 5.51. The molecule has 0 radical (unpaired) electrons. The first-order valence-electron chi connectivity index (χ1n) is 8.18. The van der Waals surface area contributed by atoms with Gasteiger partial charge in [-0.15, -0.1) is 0 Å². The molecule has 0 spiro atoms. The average molecular weight is 278 g/mol. The molecule has 1 aliphatic heterocycles. The highest BCUT2D eigenvalue weighted by atomic mass is 16.5. The molecule has 2 aliphatic rings. The Morgan fingerprint density at radius 3 is 2.65 bits per heavy atom. The van der Waals surface area contributed by atoms with Crippen LogP contribution in [0.5, 0.6) is 0 Å². The lowest BCUT2D eigenvalue weighted by Crippen LogP contribution is -2.33. The maximum absolute atomic E-state index is 5.51. The van der Waals surface area contributed by atoms with Crippen molar-refractivity contribution in [2.24, 2.45) is 0 Å². The summed E-state index contributed by atoms with van der Waals surface area (Å²) in [7, 11) is 0. The van der Waals surface area contributed by atoms with Crippen molar-refractivity contribution in [2.45, 2.75) is 63.8 Å². The van der Waals surface area contributed by atoms with Crippen LogP contribution in [0.25, 0.3) is 0 Å². The standard InChI is InChI=1S/C15H26N4O/c1-2-9-16-13-7-5-12(6-8-13)14-17-15(18-20-14)19-10-3-4-11-19/h12-13,16H,2-11H2,1H3. The molecular weight excluding hydrogens is 252 g/mol. The highest BCUT2D eigenvalue weighted by Crippen LogP contribution is 2.33. The summed E-state index contributed by atoms with van der Waals surface area (Å²) in [6.45, 7) is 5.51. The molecule has 20 heavy (non-hydrogen) atoms. The number of anilines is 1. The highest BCUT2D eigenvalue weighted by molar-refractivity contribution is 5.29. The van der Waals surface area contributed by atoms with E-state index in [1.807, 2.05) is 0 Å². The van der Waals surface area contributed by atoms with E-state index in [1.54, 1.807) is 0 Å². The quantitative estimate of drug-likeness (QED) is 0.897. The van der Waals surface area contributed by atoms with Gasteiger partial charge in [-0.05, 0) is 56.6 Å². The second-order valence-corrected chi connectivity index (χ2v) is 6.13. The van der Waals surface area contributed by atoms with E-state index in [9.17, 15) is 0 Å². The van der Waals surface area contributed by atoms with Crippen LogP contribution in [0.1, 0.15) is 63.7 Å². The lowest BCUT2D eigenvalue weighted by Gasteiger charge is -2.27. The molecule has 0 aromatic carbocycles. The third kappa shape index (κ3) is 3.14. The van der Waals surface area contributed by atoms with Gasteiger partial charge in [0.05, 0.1) is 0 Å². The first kappa shape index (κ1) is 13.9. The van der Waals surface area contributed by atoms with Crippen LogP contribution in [0, 0.1) is 0 Å². The molecule has 0 atom stereocenters. The van der Waals surface area contributed by atoms with Crippen LogP contribution >= 0.6 is 0 Å². The molecule has 1 aromatic heterocycles. The largest absolute Gasteiger partial charge is 0.338 e. The van der Waals surface area contributed by atoms with E-state index in [0.29, 0.717) is 12.0 Å². The zero-order chi connectivity index (χ0) is 13.8. The van der Waals surface area contributed by atoms with Crippen LogP contribution < -0.4 is 10.2 Å². The summed E-state index contributed by atoms with van der Waals surface area (Å²) in [4.78, 5) is 6.87. The van der Waals surface area contributed by atoms with Gasteiger partial charge >= 0.3 is 0 Å². The molecule has 0 bridgehead atoms. The SMILES string of the molecule is CCCNC1CCC(c2nc(N3CCCC3)no2)CC1. The topological polar surface area (TPSA) is 54.2 Å². The fourth-order valence-corrected chi connectivity index (χ4v) is 3.33. The third-order valence-electron chi connectivity index (χ3n) is 4.58. The number of nitrogens with one attached hydrogen (secondary N) is 1. The Balaban J connectivity index is 1.52. The van der Waals surface area contributed by atoms with E-state index in [2.05, 4.69) is 27.3 Å². The summed E-state index contributed by atoms with van der Waals surface area (Å²) in [6, 6.07) is 0.687. The van der Waals surface area contributed by atoms with Crippen LogP contribution in [0.2, 0.25) is 0 Å². The molecule has 2 heterocycles. The fourth-order valence-electron chi connectivity index (χ4n) is 3.33. The lowest BCUT2D eigenvalue weighted by molar-refractivity contribution is 0.283. The van der Waals surface area contributed by atoms with Gasteiger partial charge in [-0.1, -0.05) is 6.92 Å². The second-order valence-electron chi connectivity index (χ2n) is 6.13. The lowest BCUT2D eigenvalue weighted by atomic mass is 9.86. The summed E-state index contributed by atoms with van der Waals surface area (Å²) < 4.78 is 5.51. The molecule has 1 saturated carbocycles. The van der Waals surface area contributed by atoms with Crippen LogP contribution in [-0.2, 0) is 0 Å². The third-order valence-corrected chi connectivity index (χ3v) is 4.58. The monoisotopic (exact) mass is 278 g/mol. The molecule has 1 saturated heterocycles. The predicted molar refractivity (Wildman–Crippen MR) is 79.0 cm³/mol. The van der Waals surface area contributed by atoms with Gasteiger partial charge in [-0.3, -0.25) is 0 Å². The molecule has 0 amide bonds. The minimum absolute atomic E-state index is 0.471.